The SMILES string of the molecule is CC(=O)Oc1c(-c2ccc(NC(=O)NC(C)C)cc2)c(-c2ccc(N(C)C)cc2)nn1-c1ccc(F)cc1. The van der Waals surface area contributed by atoms with E-state index in [2.05, 4.69) is 10.6 Å². The van der Waals surface area contributed by atoms with Gasteiger partial charge in [-0.15, -0.1) is 0 Å². The molecule has 0 fully saturated rings. The van der Waals surface area contributed by atoms with E-state index in [0.29, 0.717) is 22.6 Å². The van der Waals surface area contributed by atoms with Crippen LogP contribution < -0.4 is 20.3 Å². The Labute approximate surface area is 221 Å². The van der Waals surface area contributed by atoms with Crippen molar-refractivity contribution in [3.63, 3.8) is 0 Å². The summed E-state index contributed by atoms with van der Waals surface area (Å²) in [5, 5.41) is 10.4. The molecule has 4 aromatic rings. The number of esters is 1. The number of halogens is 1. The van der Waals surface area contributed by atoms with Crippen LogP contribution >= 0.6 is 0 Å². The summed E-state index contributed by atoms with van der Waals surface area (Å²) in [4.78, 5) is 26.3. The number of amides is 2. The summed E-state index contributed by atoms with van der Waals surface area (Å²) < 4.78 is 20.9. The zero-order valence-corrected chi connectivity index (χ0v) is 21.9. The molecular weight excluding hydrogens is 485 g/mol. The Morgan fingerprint density at radius 2 is 1.53 bits per heavy atom. The molecule has 8 nitrogen and oxygen atoms in total. The number of hydrogen-bond acceptors (Lipinski definition) is 5. The number of rotatable bonds is 7. The van der Waals surface area contributed by atoms with Crippen molar-refractivity contribution in [3.05, 3.63) is 78.6 Å². The minimum atomic E-state index is -0.521. The van der Waals surface area contributed by atoms with E-state index in [1.54, 1.807) is 24.3 Å². The second kappa shape index (κ2) is 11.2. The van der Waals surface area contributed by atoms with Gasteiger partial charge in [0.1, 0.15) is 11.5 Å². The molecule has 0 aliphatic carbocycles. The van der Waals surface area contributed by atoms with Crippen LogP contribution in [-0.2, 0) is 4.79 Å². The highest BCUT2D eigenvalue weighted by atomic mass is 19.1. The number of anilines is 2. The van der Waals surface area contributed by atoms with E-state index in [4.69, 9.17) is 9.84 Å². The van der Waals surface area contributed by atoms with Crippen LogP contribution in [0, 0.1) is 5.82 Å². The van der Waals surface area contributed by atoms with Crippen molar-refractivity contribution in [1.29, 1.82) is 0 Å². The smallest absolute Gasteiger partial charge is 0.319 e. The molecular formula is C29H30FN5O3. The largest absolute Gasteiger partial charge is 0.407 e. The van der Waals surface area contributed by atoms with Gasteiger partial charge in [-0.2, -0.15) is 9.78 Å². The molecule has 0 spiro atoms. The Bertz CT molecular complexity index is 1430. The Balaban J connectivity index is 1.86. The summed E-state index contributed by atoms with van der Waals surface area (Å²) in [6, 6.07) is 20.5. The fourth-order valence-electron chi connectivity index (χ4n) is 3.92. The van der Waals surface area contributed by atoms with Gasteiger partial charge in [0.25, 0.3) is 0 Å². The number of carbonyl (C=O) groups excluding carboxylic acids is 2. The molecule has 9 heteroatoms. The maximum Gasteiger partial charge on any atom is 0.319 e. The zero-order valence-electron chi connectivity index (χ0n) is 21.9. The number of hydrogen-bond donors (Lipinski definition) is 2. The van der Waals surface area contributed by atoms with Gasteiger partial charge >= 0.3 is 12.0 Å². The van der Waals surface area contributed by atoms with E-state index in [0.717, 1.165) is 16.8 Å². The summed E-state index contributed by atoms with van der Waals surface area (Å²) >= 11 is 0. The molecule has 4 rings (SSSR count). The topological polar surface area (TPSA) is 88.5 Å². The normalized spacial score (nSPS) is 10.8. The Morgan fingerprint density at radius 1 is 0.921 bits per heavy atom. The predicted molar refractivity (Wildman–Crippen MR) is 147 cm³/mol. The average molecular weight is 516 g/mol. The lowest BCUT2D eigenvalue weighted by atomic mass is 10.0. The standard InChI is InChI=1S/C29H30FN5O3/c1-18(2)31-29(37)32-23-12-6-20(7-13-23)26-27(21-8-14-24(15-9-21)34(4)5)33-35(28(26)38-19(3)36)25-16-10-22(30)11-17-25/h6-18H,1-5H3,(H2,31,32,37). The second-order valence-corrected chi connectivity index (χ2v) is 9.28. The summed E-state index contributed by atoms with van der Waals surface area (Å²) in [7, 11) is 3.92. The van der Waals surface area contributed by atoms with Crippen LogP contribution in [0.15, 0.2) is 72.8 Å². The van der Waals surface area contributed by atoms with Gasteiger partial charge < -0.3 is 20.3 Å². The molecule has 0 aliphatic rings. The molecule has 0 bridgehead atoms. The third-order valence-corrected chi connectivity index (χ3v) is 5.66. The molecule has 196 valence electrons. The highest BCUT2D eigenvalue weighted by molar-refractivity contribution is 5.91. The number of benzene rings is 3. The summed E-state index contributed by atoms with van der Waals surface area (Å²) in [6.45, 7) is 5.08. The van der Waals surface area contributed by atoms with E-state index in [1.807, 2.05) is 69.2 Å². The van der Waals surface area contributed by atoms with Gasteiger partial charge in [-0.25, -0.2) is 9.18 Å². The zero-order chi connectivity index (χ0) is 27.4. The van der Waals surface area contributed by atoms with Crippen molar-refractivity contribution >= 4 is 23.4 Å². The monoisotopic (exact) mass is 515 g/mol. The van der Waals surface area contributed by atoms with E-state index in [9.17, 15) is 14.0 Å². The van der Waals surface area contributed by atoms with Crippen LogP contribution in [0.2, 0.25) is 0 Å². The lowest BCUT2D eigenvalue weighted by Crippen LogP contribution is -2.34. The molecule has 0 radical (unpaired) electrons. The van der Waals surface area contributed by atoms with E-state index in [-0.39, 0.29) is 23.8 Å². The molecule has 0 unspecified atom stereocenters. The fourth-order valence-corrected chi connectivity index (χ4v) is 3.92. The number of urea groups is 1. The Hall–Kier alpha value is -4.66. The quantitative estimate of drug-likeness (QED) is 0.301. The Kier molecular flexibility index (Phi) is 7.76. The highest BCUT2D eigenvalue weighted by Gasteiger charge is 2.25. The molecule has 0 atom stereocenters. The number of aromatic nitrogens is 2. The number of nitrogens with one attached hydrogen (secondary N) is 2. The van der Waals surface area contributed by atoms with Crippen molar-refractivity contribution in [2.45, 2.75) is 26.8 Å². The first-order valence-corrected chi connectivity index (χ1v) is 12.2. The lowest BCUT2D eigenvalue weighted by molar-refractivity contribution is -0.132. The lowest BCUT2D eigenvalue weighted by Gasteiger charge is -2.13. The van der Waals surface area contributed by atoms with E-state index >= 15 is 0 Å². The van der Waals surface area contributed by atoms with Gasteiger partial charge in [-0.3, -0.25) is 4.79 Å². The van der Waals surface area contributed by atoms with Crippen molar-refractivity contribution in [3.8, 4) is 34.0 Å². The summed E-state index contributed by atoms with van der Waals surface area (Å²) in [6.07, 6.45) is 0. The van der Waals surface area contributed by atoms with Crippen LogP contribution in [0.3, 0.4) is 0 Å². The molecule has 3 aromatic carbocycles. The highest BCUT2D eigenvalue weighted by Crippen LogP contribution is 2.41. The third kappa shape index (κ3) is 6.00. The van der Waals surface area contributed by atoms with Crippen molar-refractivity contribution in [1.82, 2.24) is 15.1 Å². The van der Waals surface area contributed by atoms with Crippen LogP contribution in [0.1, 0.15) is 20.8 Å². The van der Waals surface area contributed by atoms with Crippen molar-refractivity contribution in [2.75, 3.05) is 24.3 Å². The van der Waals surface area contributed by atoms with Gasteiger partial charge in [0.15, 0.2) is 0 Å². The van der Waals surface area contributed by atoms with Gasteiger partial charge in [-0.05, 0) is 67.9 Å². The molecule has 0 saturated carbocycles. The van der Waals surface area contributed by atoms with E-state index < -0.39 is 5.97 Å². The van der Waals surface area contributed by atoms with Crippen LogP contribution in [0.25, 0.3) is 28.1 Å². The maximum atomic E-state index is 13.7. The van der Waals surface area contributed by atoms with E-state index in [1.165, 1.54) is 23.7 Å². The Morgan fingerprint density at radius 3 is 2.08 bits per heavy atom. The summed E-state index contributed by atoms with van der Waals surface area (Å²) in [5.41, 5.74) is 4.83. The third-order valence-electron chi connectivity index (χ3n) is 5.66. The fraction of sp³-hybridized carbons (Fsp3) is 0.207. The maximum absolute atomic E-state index is 13.7. The first-order valence-electron chi connectivity index (χ1n) is 12.2. The second-order valence-electron chi connectivity index (χ2n) is 9.28. The minimum absolute atomic E-state index is 0.000645. The molecule has 2 amide bonds. The number of ether oxygens (including phenoxy) is 1. The van der Waals surface area contributed by atoms with Crippen LogP contribution in [0.5, 0.6) is 5.88 Å². The predicted octanol–water partition coefficient (Wildman–Crippen LogP) is 5.87. The minimum Gasteiger partial charge on any atom is -0.407 e. The van der Waals surface area contributed by atoms with Crippen molar-refractivity contribution in [2.24, 2.45) is 0 Å². The number of carbonyl (C=O) groups is 2. The average Bonchev–Trinajstić information content (AvgIpc) is 3.23. The number of nitrogens with zero attached hydrogens (tertiary/aromatic N) is 3. The van der Waals surface area contributed by atoms with Gasteiger partial charge in [0.2, 0.25) is 5.88 Å². The molecule has 0 aliphatic heterocycles. The molecule has 2 N–H and O–H groups in total. The van der Waals surface area contributed by atoms with Crippen LogP contribution in [0.4, 0.5) is 20.6 Å². The van der Waals surface area contributed by atoms with Gasteiger partial charge in [0.05, 0.1) is 11.3 Å². The van der Waals surface area contributed by atoms with Crippen molar-refractivity contribution < 1.29 is 18.7 Å². The molecule has 38 heavy (non-hydrogen) atoms. The van der Waals surface area contributed by atoms with Crippen LogP contribution in [-0.4, -0.2) is 41.9 Å². The first kappa shape index (κ1) is 26.4. The van der Waals surface area contributed by atoms with Gasteiger partial charge in [-0.1, -0.05) is 24.3 Å². The summed E-state index contributed by atoms with van der Waals surface area (Å²) in [5.74, 6) is -0.707. The molecule has 1 heterocycles. The molecule has 1 aromatic heterocycles. The molecule has 0 saturated heterocycles. The van der Waals surface area contributed by atoms with Gasteiger partial charge in [0, 0.05) is 44.0 Å². The first-order chi connectivity index (χ1) is 18.1.